The zero-order valence-electron chi connectivity index (χ0n) is 12.8. The highest BCUT2D eigenvalue weighted by molar-refractivity contribution is 7.89. The quantitative estimate of drug-likeness (QED) is 0.866. The van der Waals surface area contributed by atoms with E-state index >= 15 is 0 Å². The van der Waals surface area contributed by atoms with Crippen molar-refractivity contribution in [1.82, 2.24) is 4.31 Å². The summed E-state index contributed by atoms with van der Waals surface area (Å²) in [5, 5.41) is 0. The maximum absolute atomic E-state index is 12.9. The first-order valence-electron chi connectivity index (χ1n) is 7.28. The lowest BCUT2D eigenvalue weighted by molar-refractivity contribution is 0.140. The highest BCUT2D eigenvalue weighted by atomic mass is 32.2. The number of hydrogen-bond donors (Lipinski definition) is 0. The van der Waals surface area contributed by atoms with Gasteiger partial charge in [-0.1, -0.05) is 48.0 Å². The number of cyclic esters (lactones) is 1. The van der Waals surface area contributed by atoms with Gasteiger partial charge in [-0.3, -0.25) is 0 Å². The molecule has 6 heteroatoms. The molecule has 0 aliphatic carbocycles. The first kappa shape index (κ1) is 15.6. The van der Waals surface area contributed by atoms with Crippen LogP contribution in [0.4, 0.5) is 4.79 Å². The van der Waals surface area contributed by atoms with E-state index in [0.717, 1.165) is 15.4 Å². The molecular formula is C17H17NO4S. The van der Waals surface area contributed by atoms with Gasteiger partial charge >= 0.3 is 6.09 Å². The first-order chi connectivity index (χ1) is 10.9. The number of amides is 1. The van der Waals surface area contributed by atoms with Crippen molar-refractivity contribution in [3.8, 4) is 0 Å². The fourth-order valence-electron chi connectivity index (χ4n) is 2.71. The van der Waals surface area contributed by atoms with Crippen LogP contribution in [0.2, 0.25) is 0 Å². The van der Waals surface area contributed by atoms with Crippen molar-refractivity contribution >= 4 is 16.1 Å². The van der Waals surface area contributed by atoms with Gasteiger partial charge in [0, 0.05) is 0 Å². The van der Waals surface area contributed by atoms with Crippen molar-refractivity contribution < 1.29 is 17.9 Å². The molecule has 2 aromatic carbocycles. The number of carbonyl (C=O) groups excluding carboxylic acids is 1. The normalized spacial score (nSPS) is 21.3. The Labute approximate surface area is 135 Å². The molecule has 0 saturated carbocycles. The summed E-state index contributed by atoms with van der Waals surface area (Å²) >= 11 is 0. The number of nitrogens with zero attached hydrogens (tertiary/aromatic N) is 1. The standard InChI is InChI=1S/C17H17NO4S/c1-12-8-10-15(11-9-12)23(20,21)18-16(13(2)22-17(18)19)14-6-4-3-5-7-14/h3-11,13,16H,1-2H3/t13-,16+/m1/s1. The third-order valence-electron chi connectivity index (χ3n) is 3.88. The van der Waals surface area contributed by atoms with Crippen LogP contribution in [0.1, 0.15) is 24.1 Å². The molecule has 5 nitrogen and oxygen atoms in total. The Morgan fingerprint density at radius 1 is 1.00 bits per heavy atom. The summed E-state index contributed by atoms with van der Waals surface area (Å²) in [6, 6.07) is 14.8. The minimum Gasteiger partial charge on any atom is -0.443 e. The molecule has 0 spiro atoms. The van der Waals surface area contributed by atoms with E-state index < -0.39 is 28.3 Å². The zero-order chi connectivity index (χ0) is 16.6. The SMILES string of the molecule is Cc1ccc(S(=O)(=O)N2C(=O)O[C@H](C)[C@H]2c2ccccc2)cc1. The summed E-state index contributed by atoms with van der Waals surface area (Å²) in [5.41, 5.74) is 1.67. The summed E-state index contributed by atoms with van der Waals surface area (Å²) in [4.78, 5) is 12.3. The third-order valence-corrected chi connectivity index (χ3v) is 5.64. The second-order valence-electron chi connectivity index (χ2n) is 5.56. The van der Waals surface area contributed by atoms with Crippen LogP contribution in [0.25, 0.3) is 0 Å². The molecule has 2 atom stereocenters. The average molecular weight is 331 g/mol. The van der Waals surface area contributed by atoms with Crippen LogP contribution in [-0.4, -0.2) is 24.9 Å². The van der Waals surface area contributed by atoms with Gasteiger partial charge in [-0.2, -0.15) is 4.31 Å². The summed E-state index contributed by atoms with van der Waals surface area (Å²) in [7, 11) is -3.98. The van der Waals surface area contributed by atoms with Crippen molar-refractivity contribution in [2.24, 2.45) is 0 Å². The van der Waals surface area contributed by atoms with Gasteiger partial charge in [0.2, 0.25) is 0 Å². The monoisotopic (exact) mass is 331 g/mol. The number of benzene rings is 2. The third kappa shape index (κ3) is 2.70. The molecule has 1 saturated heterocycles. The zero-order valence-corrected chi connectivity index (χ0v) is 13.7. The number of rotatable bonds is 3. The maximum atomic E-state index is 12.9. The number of aryl methyl sites for hydroxylation is 1. The Kier molecular flexibility index (Phi) is 3.85. The van der Waals surface area contributed by atoms with Crippen LogP contribution < -0.4 is 0 Å². The fourth-order valence-corrected chi connectivity index (χ4v) is 4.25. The van der Waals surface area contributed by atoms with Gasteiger partial charge in [0.15, 0.2) is 0 Å². The minimum atomic E-state index is -3.98. The predicted molar refractivity (Wildman–Crippen MR) is 85.3 cm³/mol. The Balaban J connectivity index is 2.08. The molecular weight excluding hydrogens is 314 g/mol. The number of hydrogen-bond acceptors (Lipinski definition) is 4. The van der Waals surface area contributed by atoms with Gasteiger partial charge in [-0.15, -0.1) is 0 Å². The van der Waals surface area contributed by atoms with E-state index in [1.807, 2.05) is 25.1 Å². The minimum absolute atomic E-state index is 0.0788. The van der Waals surface area contributed by atoms with Crippen molar-refractivity contribution in [2.45, 2.75) is 30.9 Å². The Hall–Kier alpha value is -2.34. The van der Waals surface area contributed by atoms with Crippen LogP contribution in [-0.2, 0) is 14.8 Å². The van der Waals surface area contributed by atoms with Gasteiger partial charge in [-0.25, -0.2) is 13.2 Å². The van der Waals surface area contributed by atoms with Crippen molar-refractivity contribution in [1.29, 1.82) is 0 Å². The molecule has 1 aliphatic rings. The molecule has 0 aromatic heterocycles. The van der Waals surface area contributed by atoms with Gasteiger partial charge in [-0.05, 0) is 31.5 Å². The molecule has 1 amide bonds. The van der Waals surface area contributed by atoms with Gasteiger partial charge in [0.05, 0.1) is 4.90 Å². The lowest BCUT2D eigenvalue weighted by Crippen LogP contribution is -2.35. The van der Waals surface area contributed by atoms with Gasteiger partial charge in [0.1, 0.15) is 12.1 Å². The molecule has 1 fully saturated rings. The Morgan fingerprint density at radius 2 is 1.61 bits per heavy atom. The van der Waals surface area contributed by atoms with E-state index in [4.69, 9.17) is 4.74 Å². The summed E-state index contributed by atoms with van der Waals surface area (Å²) < 4.78 is 31.8. The van der Waals surface area contributed by atoms with E-state index in [1.165, 1.54) is 12.1 Å². The molecule has 3 rings (SSSR count). The summed E-state index contributed by atoms with van der Waals surface area (Å²) in [6.07, 6.45) is -1.39. The molecule has 0 unspecified atom stereocenters. The molecule has 0 radical (unpaired) electrons. The van der Waals surface area contributed by atoms with Crippen molar-refractivity contribution in [3.05, 3.63) is 65.7 Å². The number of carbonyl (C=O) groups is 1. The van der Waals surface area contributed by atoms with Crippen LogP contribution in [0.15, 0.2) is 59.5 Å². The molecule has 1 aliphatic heterocycles. The lowest BCUT2D eigenvalue weighted by atomic mass is 10.0. The van der Waals surface area contributed by atoms with Gasteiger partial charge in [0.25, 0.3) is 10.0 Å². The Bertz CT molecular complexity index is 815. The molecule has 2 aromatic rings. The van der Waals surface area contributed by atoms with E-state index in [0.29, 0.717) is 0 Å². The smallest absolute Gasteiger partial charge is 0.424 e. The fraction of sp³-hybridized carbons (Fsp3) is 0.235. The average Bonchev–Trinajstić information content (AvgIpc) is 2.83. The lowest BCUT2D eigenvalue weighted by Gasteiger charge is -2.23. The largest absolute Gasteiger partial charge is 0.443 e. The van der Waals surface area contributed by atoms with Crippen LogP contribution in [0.5, 0.6) is 0 Å². The molecule has 0 bridgehead atoms. The van der Waals surface area contributed by atoms with Crippen LogP contribution >= 0.6 is 0 Å². The summed E-state index contributed by atoms with van der Waals surface area (Å²) in [5.74, 6) is 0. The number of sulfonamides is 1. The molecule has 120 valence electrons. The highest BCUT2D eigenvalue weighted by Crippen LogP contribution is 2.37. The molecule has 0 N–H and O–H groups in total. The van der Waals surface area contributed by atoms with Gasteiger partial charge < -0.3 is 4.74 Å². The van der Waals surface area contributed by atoms with Crippen molar-refractivity contribution in [3.63, 3.8) is 0 Å². The van der Waals surface area contributed by atoms with E-state index in [2.05, 4.69) is 0 Å². The Morgan fingerprint density at radius 3 is 2.22 bits per heavy atom. The molecule has 23 heavy (non-hydrogen) atoms. The maximum Gasteiger partial charge on any atom is 0.424 e. The van der Waals surface area contributed by atoms with Crippen LogP contribution in [0.3, 0.4) is 0 Å². The van der Waals surface area contributed by atoms with E-state index in [1.54, 1.807) is 31.2 Å². The van der Waals surface area contributed by atoms with E-state index in [9.17, 15) is 13.2 Å². The van der Waals surface area contributed by atoms with Crippen LogP contribution in [0, 0.1) is 6.92 Å². The summed E-state index contributed by atoms with van der Waals surface area (Å²) in [6.45, 7) is 3.57. The first-order valence-corrected chi connectivity index (χ1v) is 8.72. The number of ether oxygens (including phenoxy) is 1. The second kappa shape index (κ2) is 5.70. The van der Waals surface area contributed by atoms with Crippen molar-refractivity contribution in [2.75, 3.05) is 0 Å². The topological polar surface area (TPSA) is 63.7 Å². The predicted octanol–water partition coefficient (Wildman–Crippen LogP) is 3.27. The highest BCUT2D eigenvalue weighted by Gasteiger charge is 2.47. The molecule has 1 heterocycles. The van der Waals surface area contributed by atoms with E-state index in [-0.39, 0.29) is 4.90 Å². The second-order valence-corrected chi connectivity index (χ2v) is 7.37.